The molecule has 0 saturated heterocycles. The molecule has 8 nitrogen and oxygen atoms in total. The third-order valence-corrected chi connectivity index (χ3v) is 4.13. The molecule has 0 aliphatic rings. The standard InChI is InChI=1S/C19H25N3O5/c1-2-6-16(18(23)24)21-17(19(25)26)9-15-10-20-12-22(15)13-27-11-14-7-4-3-5-8-14/h3-5,7-8,10,12,16-17,21H,2,6,9,11,13H2,1H3,(H,23,24)(H,25,26)/t16?,17-/m0/s1. The lowest BCUT2D eigenvalue weighted by atomic mass is 10.1. The molecule has 146 valence electrons. The molecule has 2 aromatic rings. The van der Waals surface area contributed by atoms with E-state index in [0.717, 1.165) is 5.56 Å². The molecule has 0 radical (unpaired) electrons. The zero-order valence-electron chi connectivity index (χ0n) is 15.2. The molecule has 3 N–H and O–H groups in total. The monoisotopic (exact) mass is 375 g/mol. The Labute approximate surface area is 157 Å². The van der Waals surface area contributed by atoms with Crippen molar-refractivity contribution < 1.29 is 24.5 Å². The first-order valence-electron chi connectivity index (χ1n) is 8.83. The van der Waals surface area contributed by atoms with E-state index in [2.05, 4.69) is 10.3 Å². The van der Waals surface area contributed by atoms with Gasteiger partial charge in [0, 0.05) is 18.3 Å². The first-order valence-corrected chi connectivity index (χ1v) is 8.83. The summed E-state index contributed by atoms with van der Waals surface area (Å²) in [5, 5.41) is 21.4. The number of nitrogens with zero attached hydrogens (tertiary/aromatic N) is 2. The van der Waals surface area contributed by atoms with Crippen LogP contribution in [-0.4, -0.2) is 43.8 Å². The minimum absolute atomic E-state index is 0.109. The van der Waals surface area contributed by atoms with E-state index in [-0.39, 0.29) is 13.2 Å². The van der Waals surface area contributed by atoms with E-state index in [1.807, 2.05) is 37.3 Å². The fourth-order valence-corrected chi connectivity index (χ4v) is 2.71. The molecule has 0 spiro atoms. The fraction of sp³-hybridized carbons (Fsp3) is 0.421. The van der Waals surface area contributed by atoms with Gasteiger partial charge in [-0.05, 0) is 12.0 Å². The number of ether oxygens (including phenoxy) is 1. The van der Waals surface area contributed by atoms with Crippen molar-refractivity contribution in [1.29, 1.82) is 0 Å². The number of hydrogen-bond acceptors (Lipinski definition) is 5. The zero-order valence-corrected chi connectivity index (χ0v) is 15.2. The molecule has 0 saturated carbocycles. The Bertz CT molecular complexity index is 732. The van der Waals surface area contributed by atoms with Gasteiger partial charge >= 0.3 is 11.9 Å². The molecule has 0 aliphatic carbocycles. The smallest absolute Gasteiger partial charge is 0.321 e. The van der Waals surface area contributed by atoms with Crippen molar-refractivity contribution in [3.8, 4) is 0 Å². The summed E-state index contributed by atoms with van der Waals surface area (Å²) in [6.07, 6.45) is 4.25. The van der Waals surface area contributed by atoms with E-state index >= 15 is 0 Å². The molecule has 0 aliphatic heterocycles. The Morgan fingerprint density at radius 2 is 1.89 bits per heavy atom. The molecule has 0 amide bonds. The van der Waals surface area contributed by atoms with Gasteiger partial charge in [-0.15, -0.1) is 0 Å². The largest absolute Gasteiger partial charge is 0.480 e. The number of hydrogen-bond donors (Lipinski definition) is 3. The van der Waals surface area contributed by atoms with Gasteiger partial charge in [-0.2, -0.15) is 0 Å². The predicted molar refractivity (Wildman–Crippen MR) is 98.1 cm³/mol. The normalized spacial score (nSPS) is 13.2. The van der Waals surface area contributed by atoms with Crippen LogP contribution in [0.2, 0.25) is 0 Å². The molecule has 8 heteroatoms. The maximum Gasteiger partial charge on any atom is 0.321 e. The maximum absolute atomic E-state index is 11.6. The van der Waals surface area contributed by atoms with Crippen LogP contribution in [-0.2, 0) is 34.1 Å². The lowest BCUT2D eigenvalue weighted by Crippen LogP contribution is -2.48. The Balaban J connectivity index is 1.97. The molecule has 1 aromatic carbocycles. The summed E-state index contributed by atoms with van der Waals surface area (Å²) in [5.41, 5.74) is 1.69. The Morgan fingerprint density at radius 1 is 1.19 bits per heavy atom. The van der Waals surface area contributed by atoms with Gasteiger partial charge < -0.3 is 19.5 Å². The van der Waals surface area contributed by atoms with Crippen LogP contribution in [0.4, 0.5) is 0 Å². The van der Waals surface area contributed by atoms with Crippen molar-refractivity contribution in [2.24, 2.45) is 0 Å². The van der Waals surface area contributed by atoms with Crippen LogP contribution in [0.3, 0.4) is 0 Å². The fourth-order valence-electron chi connectivity index (χ4n) is 2.71. The molecule has 27 heavy (non-hydrogen) atoms. The number of aromatic nitrogens is 2. The first-order chi connectivity index (χ1) is 13.0. The number of carboxylic acids is 2. The Kier molecular flexibility index (Phi) is 7.97. The molecular weight excluding hydrogens is 350 g/mol. The summed E-state index contributed by atoms with van der Waals surface area (Å²) in [6, 6.07) is 7.78. The summed E-state index contributed by atoms with van der Waals surface area (Å²) in [7, 11) is 0. The average Bonchev–Trinajstić information content (AvgIpc) is 3.08. The van der Waals surface area contributed by atoms with Crippen LogP contribution in [0.5, 0.6) is 0 Å². The highest BCUT2D eigenvalue weighted by atomic mass is 16.5. The number of aliphatic carboxylic acids is 2. The van der Waals surface area contributed by atoms with Gasteiger partial charge in [0.25, 0.3) is 0 Å². The summed E-state index contributed by atoms with van der Waals surface area (Å²) in [6.45, 7) is 2.51. The molecule has 1 heterocycles. The molecule has 1 aromatic heterocycles. The summed E-state index contributed by atoms with van der Waals surface area (Å²) in [5.74, 6) is -2.15. The lowest BCUT2D eigenvalue weighted by Gasteiger charge is -2.20. The van der Waals surface area contributed by atoms with Crippen molar-refractivity contribution in [3.63, 3.8) is 0 Å². The summed E-state index contributed by atoms with van der Waals surface area (Å²) < 4.78 is 7.38. The van der Waals surface area contributed by atoms with Crippen LogP contribution >= 0.6 is 0 Å². The summed E-state index contributed by atoms with van der Waals surface area (Å²) in [4.78, 5) is 26.9. The number of benzene rings is 1. The number of imidazole rings is 1. The Hall–Kier alpha value is -2.71. The predicted octanol–water partition coefficient (Wildman–Crippen LogP) is 1.90. The van der Waals surface area contributed by atoms with Crippen molar-refractivity contribution in [2.75, 3.05) is 0 Å². The molecular formula is C19H25N3O5. The van der Waals surface area contributed by atoms with E-state index in [1.165, 1.54) is 0 Å². The van der Waals surface area contributed by atoms with Crippen LogP contribution in [0.1, 0.15) is 31.0 Å². The van der Waals surface area contributed by atoms with Crippen LogP contribution in [0.15, 0.2) is 42.9 Å². The van der Waals surface area contributed by atoms with E-state index in [4.69, 9.17) is 4.74 Å². The van der Waals surface area contributed by atoms with Gasteiger partial charge in [0.05, 0.1) is 12.9 Å². The second-order valence-electron chi connectivity index (χ2n) is 6.26. The van der Waals surface area contributed by atoms with Crippen LogP contribution in [0.25, 0.3) is 0 Å². The maximum atomic E-state index is 11.6. The van der Waals surface area contributed by atoms with E-state index in [9.17, 15) is 19.8 Å². The SMILES string of the molecule is CCCC(N[C@@H](Cc1cncn1COCc1ccccc1)C(=O)O)C(=O)O. The molecule has 0 fully saturated rings. The average molecular weight is 375 g/mol. The second-order valence-corrected chi connectivity index (χ2v) is 6.26. The van der Waals surface area contributed by atoms with Crippen molar-refractivity contribution in [2.45, 2.75) is 51.6 Å². The van der Waals surface area contributed by atoms with E-state index < -0.39 is 24.0 Å². The first kappa shape index (κ1) is 20.6. The van der Waals surface area contributed by atoms with Crippen LogP contribution in [0, 0.1) is 0 Å². The number of nitrogens with one attached hydrogen (secondary N) is 1. The molecule has 0 bridgehead atoms. The van der Waals surface area contributed by atoms with Gasteiger partial charge in [0.1, 0.15) is 18.8 Å². The highest BCUT2D eigenvalue weighted by Crippen LogP contribution is 2.09. The van der Waals surface area contributed by atoms with E-state index in [0.29, 0.717) is 25.1 Å². The lowest BCUT2D eigenvalue weighted by molar-refractivity contribution is -0.142. The topological polar surface area (TPSA) is 114 Å². The molecule has 1 unspecified atom stereocenters. The van der Waals surface area contributed by atoms with E-state index in [1.54, 1.807) is 17.1 Å². The zero-order chi connectivity index (χ0) is 19.6. The Morgan fingerprint density at radius 3 is 2.52 bits per heavy atom. The number of carboxylic acid groups (broad SMARTS) is 2. The quantitative estimate of drug-likeness (QED) is 0.519. The molecule has 2 rings (SSSR count). The highest BCUT2D eigenvalue weighted by molar-refractivity contribution is 5.77. The third kappa shape index (κ3) is 6.50. The number of rotatable bonds is 12. The van der Waals surface area contributed by atoms with Crippen molar-refractivity contribution in [1.82, 2.24) is 14.9 Å². The second kappa shape index (κ2) is 10.4. The summed E-state index contributed by atoms with van der Waals surface area (Å²) >= 11 is 0. The minimum Gasteiger partial charge on any atom is -0.480 e. The highest BCUT2D eigenvalue weighted by Gasteiger charge is 2.26. The van der Waals surface area contributed by atoms with Gasteiger partial charge in [-0.1, -0.05) is 43.7 Å². The third-order valence-electron chi connectivity index (χ3n) is 4.13. The van der Waals surface area contributed by atoms with Gasteiger partial charge in [-0.25, -0.2) is 4.98 Å². The minimum atomic E-state index is -1.10. The van der Waals surface area contributed by atoms with Crippen molar-refractivity contribution >= 4 is 11.9 Å². The van der Waals surface area contributed by atoms with Gasteiger partial charge in [0.2, 0.25) is 0 Å². The van der Waals surface area contributed by atoms with Gasteiger partial charge in [-0.3, -0.25) is 14.9 Å². The van der Waals surface area contributed by atoms with Crippen molar-refractivity contribution in [3.05, 3.63) is 54.1 Å². The number of carbonyl (C=O) groups is 2. The molecule has 2 atom stereocenters. The van der Waals surface area contributed by atoms with Crippen LogP contribution < -0.4 is 5.32 Å². The van der Waals surface area contributed by atoms with Gasteiger partial charge in [0.15, 0.2) is 0 Å².